The predicted molar refractivity (Wildman–Crippen MR) is 51.8 cm³/mol. The van der Waals surface area contributed by atoms with E-state index in [0.717, 1.165) is 12.5 Å². The van der Waals surface area contributed by atoms with Crippen LogP contribution in [0.15, 0.2) is 23.4 Å². The molecule has 0 bridgehead atoms. The molecule has 0 atom stereocenters. The van der Waals surface area contributed by atoms with Crippen LogP contribution in [0, 0.1) is 6.92 Å². The van der Waals surface area contributed by atoms with Crippen molar-refractivity contribution in [3.05, 3.63) is 23.9 Å². The van der Waals surface area contributed by atoms with Gasteiger partial charge in [0.2, 0.25) is 0 Å². The maximum absolute atomic E-state index is 12.1. The van der Waals surface area contributed by atoms with Gasteiger partial charge in [-0.05, 0) is 25.5 Å². The Labute approximate surface area is 85.0 Å². The van der Waals surface area contributed by atoms with Crippen LogP contribution >= 0.6 is 0 Å². The van der Waals surface area contributed by atoms with Crippen LogP contribution < -0.4 is 5.43 Å². The second-order valence-corrected chi connectivity index (χ2v) is 2.98. The topological polar surface area (TPSA) is 37.3 Å². The highest BCUT2D eigenvalue weighted by Crippen LogP contribution is 2.17. The van der Waals surface area contributed by atoms with Crippen LogP contribution in [0.3, 0.4) is 0 Å². The Morgan fingerprint density at radius 1 is 1.47 bits per heavy atom. The van der Waals surface area contributed by atoms with Gasteiger partial charge in [-0.1, -0.05) is 6.07 Å². The summed E-state index contributed by atoms with van der Waals surface area (Å²) in [5.41, 5.74) is 2.07. The Morgan fingerprint density at radius 3 is 2.67 bits per heavy atom. The lowest BCUT2D eigenvalue weighted by Gasteiger charge is -2.07. The van der Waals surface area contributed by atoms with Crippen molar-refractivity contribution in [3.63, 3.8) is 0 Å². The van der Waals surface area contributed by atoms with Gasteiger partial charge in [0.1, 0.15) is 11.5 Å². The van der Waals surface area contributed by atoms with E-state index in [0.29, 0.717) is 5.82 Å². The second kappa shape index (κ2) is 4.29. The molecule has 1 N–H and O–H groups in total. The molecule has 1 aromatic heterocycles. The molecule has 0 radical (unpaired) electrons. The number of hydrazone groups is 1. The molecule has 82 valence electrons. The van der Waals surface area contributed by atoms with E-state index in [1.54, 1.807) is 19.1 Å². The molecular weight excluding hydrogens is 207 g/mol. The largest absolute Gasteiger partial charge is 0.430 e. The average Bonchev–Trinajstić information content (AvgIpc) is 2.14. The average molecular weight is 217 g/mol. The highest BCUT2D eigenvalue weighted by atomic mass is 19.4. The Hall–Kier alpha value is -1.59. The van der Waals surface area contributed by atoms with Crippen molar-refractivity contribution in [1.29, 1.82) is 0 Å². The van der Waals surface area contributed by atoms with Gasteiger partial charge in [0.05, 0.1) is 0 Å². The Kier molecular flexibility index (Phi) is 3.28. The number of rotatable bonds is 2. The van der Waals surface area contributed by atoms with Crippen molar-refractivity contribution in [2.24, 2.45) is 5.10 Å². The van der Waals surface area contributed by atoms with Crippen LogP contribution in [0.2, 0.25) is 0 Å². The molecule has 1 heterocycles. The van der Waals surface area contributed by atoms with Crippen molar-refractivity contribution in [2.45, 2.75) is 20.0 Å². The summed E-state index contributed by atoms with van der Waals surface area (Å²) < 4.78 is 36.2. The van der Waals surface area contributed by atoms with E-state index in [4.69, 9.17) is 0 Å². The van der Waals surface area contributed by atoms with Crippen molar-refractivity contribution in [3.8, 4) is 0 Å². The number of pyridine rings is 1. The fourth-order valence-corrected chi connectivity index (χ4v) is 0.803. The third-order valence-corrected chi connectivity index (χ3v) is 1.75. The second-order valence-electron chi connectivity index (χ2n) is 2.98. The Balaban J connectivity index is 2.77. The summed E-state index contributed by atoms with van der Waals surface area (Å²) in [7, 11) is 0. The number of aromatic nitrogens is 1. The fourth-order valence-electron chi connectivity index (χ4n) is 0.803. The molecule has 0 aliphatic rings. The summed E-state index contributed by atoms with van der Waals surface area (Å²) in [5, 5.41) is 3.21. The van der Waals surface area contributed by atoms with Crippen molar-refractivity contribution in [2.75, 3.05) is 5.43 Å². The molecule has 0 aliphatic heterocycles. The molecule has 1 aromatic rings. The van der Waals surface area contributed by atoms with E-state index < -0.39 is 11.9 Å². The van der Waals surface area contributed by atoms with Crippen LogP contribution in [0.4, 0.5) is 19.0 Å². The number of nitrogens with one attached hydrogen (secondary N) is 1. The molecule has 0 spiro atoms. The molecule has 0 amide bonds. The summed E-state index contributed by atoms with van der Waals surface area (Å²) >= 11 is 0. The molecule has 0 unspecified atom stereocenters. The smallest absolute Gasteiger partial charge is 0.261 e. The SMILES string of the molecule is C/C(=N\Nc1ncccc1C)C(F)(F)F. The minimum Gasteiger partial charge on any atom is -0.261 e. The quantitative estimate of drug-likeness (QED) is 0.610. The number of hydrogen-bond donors (Lipinski definition) is 1. The number of alkyl halides is 3. The summed E-state index contributed by atoms with van der Waals surface area (Å²) in [5.74, 6) is 0.320. The van der Waals surface area contributed by atoms with Crippen LogP contribution in [0.1, 0.15) is 12.5 Å². The first kappa shape index (κ1) is 11.5. The highest BCUT2D eigenvalue weighted by molar-refractivity contribution is 5.87. The third kappa shape index (κ3) is 3.23. The third-order valence-electron chi connectivity index (χ3n) is 1.75. The number of anilines is 1. The first-order valence-corrected chi connectivity index (χ1v) is 4.20. The van der Waals surface area contributed by atoms with E-state index in [2.05, 4.69) is 15.5 Å². The Morgan fingerprint density at radius 2 is 2.13 bits per heavy atom. The van der Waals surface area contributed by atoms with Crippen molar-refractivity contribution < 1.29 is 13.2 Å². The predicted octanol–water partition coefficient (Wildman–Crippen LogP) is 2.74. The maximum atomic E-state index is 12.1. The van der Waals surface area contributed by atoms with Gasteiger partial charge in [0, 0.05) is 6.20 Å². The Bertz CT molecular complexity index is 371. The van der Waals surface area contributed by atoms with Gasteiger partial charge in [0.15, 0.2) is 0 Å². The number of halogens is 3. The van der Waals surface area contributed by atoms with E-state index in [9.17, 15) is 13.2 Å². The summed E-state index contributed by atoms with van der Waals surface area (Å²) in [6.07, 6.45) is -2.93. The normalized spacial score (nSPS) is 12.7. The first-order chi connectivity index (χ1) is 6.91. The summed E-state index contributed by atoms with van der Waals surface area (Å²) in [6, 6.07) is 3.43. The lowest BCUT2D eigenvalue weighted by Crippen LogP contribution is -2.20. The standard InChI is InChI=1S/C9H10F3N3/c1-6-4-3-5-13-8(6)15-14-7(2)9(10,11)12/h3-5H,1-2H3,(H,13,15)/b14-7+. The molecular formula is C9H10F3N3. The highest BCUT2D eigenvalue weighted by Gasteiger charge is 2.32. The van der Waals surface area contributed by atoms with Gasteiger partial charge in [-0.3, -0.25) is 5.43 Å². The molecule has 15 heavy (non-hydrogen) atoms. The van der Waals surface area contributed by atoms with E-state index >= 15 is 0 Å². The van der Waals surface area contributed by atoms with Gasteiger partial charge in [-0.15, -0.1) is 0 Å². The van der Waals surface area contributed by atoms with E-state index in [1.165, 1.54) is 6.20 Å². The molecule has 6 heteroatoms. The number of nitrogens with zero attached hydrogens (tertiary/aromatic N) is 2. The van der Waals surface area contributed by atoms with Gasteiger partial charge in [-0.2, -0.15) is 18.3 Å². The van der Waals surface area contributed by atoms with E-state index in [-0.39, 0.29) is 0 Å². The van der Waals surface area contributed by atoms with Crippen LogP contribution in [0.5, 0.6) is 0 Å². The molecule has 3 nitrogen and oxygen atoms in total. The van der Waals surface area contributed by atoms with Crippen LogP contribution in [0.25, 0.3) is 0 Å². The van der Waals surface area contributed by atoms with Crippen molar-refractivity contribution >= 4 is 11.5 Å². The molecule has 0 fully saturated rings. The molecule has 0 saturated heterocycles. The zero-order valence-corrected chi connectivity index (χ0v) is 8.26. The van der Waals surface area contributed by atoms with Gasteiger partial charge in [-0.25, -0.2) is 4.98 Å². The summed E-state index contributed by atoms with van der Waals surface area (Å²) in [4.78, 5) is 3.85. The molecule has 0 aliphatic carbocycles. The molecule has 1 rings (SSSR count). The molecule has 0 aromatic carbocycles. The zero-order chi connectivity index (χ0) is 11.5. The van der Waals surface area contributed by atoms with Gasteiger partial charge in [0.25, 0.3) is 0 Å². The molecule has 0 saturated carbocycles. The van der Waals surface area contributed by atoms with Crippen LogP contribution in [-0.2, 0) is 0 Å². The lowest BCUT2D eigenvalue weighted by molar-refractivity contribution is -0.0592. The maximum Gasteiger partial charge on any atom is 0.430 e. The van der Waals surface area contributed by atoms with E-state index in [1.807, 2.05) is 0 Å². The number of hydrogen-bond acceptors (Lipinski definition) is 3. The minimum absolute atomic E-state index is 0.320. The van der Waals surface area contributed by atoms with Crippen LogP contribution in [-0.4, -0.2) is 16.9 Å². The lowest BCUT2D eigenvalue weighted by atomic mass is 10.3. The fraction of sp³-hybridized carbons (Fsp3) is 0.333. The van der Waals surface area contributed by atoms with Crippen molar-refractivity contribution in [1.82, 2.24) is 4.98 Å². The minimum atomic E-state index is -4.41. The first-order valence-electron chi connectivity index (χ1n) is 4.20. The van der Waals surface area contributed by atoms with Gasteiger partial charge >= 0.3 is 6.18 Å². The number of aryl methyl sites for hydroxylation is 1. The van der Waals surface area contributed by atoms with Gasteiger partial charge < -0.3 is 0 Å². The zero-order valence-electron chi connectivity index (χ0n) is 8.26. The monoisotopic (exact) mass is 217 g/mol. The summed E-state index contributed by atoms with van der Waals surface area (Å²) in [6.45, 7) is 2.62.